The number of aliphatic hydroxyl groups is 1. The standard InChI is InChI=1S/C16H28N4O7/c1-4-11(22)18-10-13(24)19-9-12(23)17-7-5-14(25)20(3)16(2,6-8-21)15(26)27/h21H,4-10H2,1-3H3,(H,17,23)(H,18,22)(H,19,24)(H,26,27). The van der Waals surface area contributed by atoms with Crippen molar-refractivity contribution in [1.82, 2.24) is 20.9 Å². The molecule has 0 heterocycles. The number of nitrogens with one attached hydrogen (secondary N) is 3. The van der Waals surface area contributed by atoms with E-state index in [1.165, 1.54) is 14.0 Å². The number of carbonyl (C=O) groups excluding carboxylic acids is 4. The van der Waals surface area contributed by atoms with E-state index in [-0.39, 0.29) is 44.8 Å². The van der Waals surface area contributed by atoms with Crippen molar-refractivity contribution in [3.05, 3.63) is 0 Å². The molecule has 27 heavy (non-hydrogen) atoms. The summed E-state index contributed by atoms with van der Waals surface area (Å²) >= 11 is 0. The van der Waals surface area contributed by atoms with E-state index in [0.29, 0.717) is 0 Å². The van der Waals surface area contributed by atoms with Crippen LogP contribution in [0.15, 0.2) is 0 Å². The molecule has 0 saturated heterocycles. The van der Waals surface area contributed by atoms with Gasteiger partial charge in [0.25, 0.3) is 0 Å². The lowest BCUT2D eigenvalue weighted by Gasteiger charge is -2.34. The molecule has 5 N–H and O–H groups in total. The smallest absolute Gasteiger partial charge is 0.329 e. The van der Waals surface area contributed by atoms with E-state index in [1.807, 2.05) is 0 Å². The van der Waals surface area contributed by atoms with E-state index in [2.05, 4.69) is 16.0 Å². The summed E-state index contributed by atoms with van der Waals surface area (Å²) in [7, 11) is 1.32. The Morgan fingerprint density at radius 3 is 1.96 bits per heavy atom. The monoisotopic (exact) mass is 388 g/mol. The molecule has 0 aliphatic rings. The van der Waals surface area contributed by atoms with Crippen LogP contribution >= 0.6 is 0 Å². The van der Waals surface area contributed by atoms with E-state index >= 15 is 0 Å². The highest BCUT2D eigenvalue weighted by Crippen LogP contribution is 2.19. The number of aliphatic carboxylic acids is 1. The molecule has 0 aromatic rings. The van der Waals surface area contributed by atoms with Crippen LogP contribution in [0.1, 0.15) is 33.1 Å². The summed E-state index contributed by atoms with van der Waals surface area (Å²) < 4.78 is 0. The maximum atomic E-state index is 12.1. The number of carboxylic acid groups (broad SMARTS) is 1. The van der Waals surface area contributed by atoms with E-state index in [0.717, 1.165) is 4.90 Å². The average molecular weight is 388 g/mol. The Bertz CT molecular complexity index is 567. The molecule has 11 heteroatoms. The summed E-state index contributed by atoms with van der Waals surface area (Å²) in [6.45, 7) is 1.98. The fraction of sp³-hybridized carbons (Fsp3) is 0.688. The molecule has 0 aliphatic carbocycles. The topological polar surface area (TPSA) is 165 Å². The molecular weight excluding hydrogens is 360 g/mol. The number of aliphatic hydroxyl groups excluding tert-OH is 1. The molecule has 0 radical (unpaired) electrons. The number of likely N-dealkylation sites (N-methyl/N-ethyl adjacent to an activating group) is 1. The SMILES string of the molecule is CCC(=O)NCC(=O)NCC(=O)NCCC(=O)N(C)C(C)(CCO)C(=O)O. The van der Waals surface area contributed by atoms with Crippen molar-refractivity contribution in [1.29, 1.82) is 0 Å². The minimum Gasteiger partial charge on any atom is -0.480 e. The zero-order valence-electron chi connectivity index (χ0n) is 15.8. The van der Waals surface area contributed by atoms with Gasteiger partial charge in [0.2, 0.25) is 23.6 Å². The summed E-state index contributed by atoms with van der Waals surface area (Å²) in [4.78, 5) is 58.6. The lowest BCUT2D eigenvalue weighted by atomic mass is 9.96. The van der Waals surface area contributed by atoms with Gasteiger partial charge in [-0.05, 0) is 6.92 Å². The molecule has 0 aromatic heterocycles. The number of nitrogens with zero attached hydrogens (tertiary/aromatic N) is 1. The third kappa shape index (κ3) is 8.49. The number of amides is 4. The Kier molecular flexibility index (Phi) is 10.7. The van der Waals surface area contributed by atoms with Crippen molar-refractivity contribution < 1.29 is 34.2 Å². The molecule has 1 atom stereocenters. The summed E-state index contributed by atoms with van der Waals surface area (Å²) in [6.07, 6.45) is -0.0238. The zero-order valence-corrected chi connectivity index (χ0v) is 15.8. The van der Waals surface area contributed by atoms with Crippen molar-refractivity contribution in [2.45, 2.75) is 38.6 Å². The number of carboxylic acids is 1. The molecule has 0 spiro atoms. The first-order valence-corrected chi connectivity index (χ1v) is 8.49. The summed E-state index contributed by atoms with van der Waals surface area (Å²) in [5.74, 6) is -3.10. The predicted molar refractivity (Wildman–Crippen MR) is 94.5 cm³/mol. The average Bonchev–Trinajstić information content (AvgIpc) is 2.63. The first-order chi connectivity index (χ1) is 12.6. The van der Waals surface area contributed by atoms with Gasteiger partial charge in [-0.2, -0.15) is 0 Å². The normalized spacial score (nSPS) is 12.4. The molecule has 0 rings (SSSR count). The largest absolute Gasteiger partial charge is 0.480 e. The Hall–Kier alpha value is -2.69. The molecule has 0 fully saturated rings. The molecule has 1 unspecified atom stereocenters. The quantitative estimate of drug-likeness (QED) is 0.253. The van der Waals surface area contributed by atoms with Crippen LogP contribution in [0.5, 0.6) is 0 Å². The van der Waals surface area contributed by atoms with E-state index < -0.39 is 35.8 Å². The van der Waals surface area contributed by atoms with Crippen LogP contribution in [0, 0.1) is 0 Å². The summed E-state index contributed by atoms with van der Waals surface area (Å²) in [6, 6.07) is 0. The number of hydrogen-bond donors (Lipinski definition) is 5. The second-order valence-electron chi connectivity index (χ2n) is 6.01. The van der Waals surface area contributed by atoms with Crippen molar-refractivity contribution in [3.63, 3.8) is 0 Å². The first-order valence-electron chi connectivity index (χ1n) is 8.49. The predicted octanol–water partition coefficient (Wildman–Crippen LogP) is -2.18. The van der Waals surface area contributed by atoms with Crippen molar-refractivity contribution in [2.75, 3.05) is 33.3 Å². The molecule has 0 aromatic carbocycles. The number of hydrogen-bond acceptors (Lipinski definition) is 6. The fourth-order valence-corrected chi connectivity index (χ4v) is 2.00. The molecule has 11 nitrogen and oxygen atoms in total. The fourth-order valence-electron chi connectivity index (χ4n) is 2.00. The van der Waals surface area contributed by atoms with Gasteiger partial charge < -0.3 is 31.1 Å². The van der Waals surface area contributed by atoms with Crippen LogP contribution in [-0.4, -0.2) is 83.5 Å². The highest BCUT2D eigenvalue weighted by atomic mass is 16.4. The van der Waals surface area contributed by atoms with Crippen molar-refractivity contribution >= 4 is 29.6 Å². The Morgan fingerprint density at radius 1 is 0.963 bits per heavy atom. The Balaban J connectivity index is 4.25. The maximum Gasteiger partial charge on any atom is 0.329 e. The Labute approximate surface area is 157 Å². The zero-order chi connectivity index (χ0) is 21.0. The van der Waals surface area contributed by atoms with Crippen LogP contribution in [0.3, 0.4) is 0 Å². The minimum atomic E-state index is -1.55. The second kappa shape index (κ2) is 11.8. The lowest BCUT2D eigenvalue weighted by Crippen LogP contribution is -2.54. The molecule has 154 valence electrons. The molecule has 0 aliphatic heterocycles. The van der Waals surface area contributed by atoms with Gasteiger partial charge in [-0.15, -0.1) is 0 Å². The van der Waals surface area contributed by atoms with Crippen molar-refractivity contribution in [2.24, 2.45) is 0 Å². The van der Waals surface area contributed by atoms with Crippen LogP contribution in [0.2, 0.25) is 0 Å². The minimum absolute atomic E-state index is 0.0424. The van der Waals surface area contributed by atoms with Gasteiger partial charge in [0.1, 0.15) is 5.54 Å². The van der Waals surface area contributed by atoms with E-state index in [1.54, 1.807) is 6.92 Å². The highest BCUT2D eigenvalue weighted by molar-refractivity contribution is 5.89. The molecule has 0 saturated carbocycles. The third-order valence-corrected chi connectivity index (χ3v) is 4.05. The summed E-state index contributed by atoms with van der Waals surface area (Å²) in [5.41, 5.74) is -1.55. The van der Waals surface area contributed by atoms with Gasteiger partial charge in [0.15, 0.2) is 0 Å². The molecule has 0 bridgehead atoms. The first kappa shape index (κ1) is 24.3. The van der Waals surface area contributed by atoms with Gasteiger partial charge in [-0.3, -0.25) is 19.2 Å². The third-order valence-electron chi connectivity index (χ3n) is 4.05. The van der Waals surface area contributed by atoms with Gasteiger partial charge in [-0.1, -0.05) is 6.92 Å². The van der Waals surface area contributed by atoms with Crippen LogP contribution in [-0.2, 0) is 24.0 Å². The van der Waals surface area contributed by atoms with Gasteiger partial charge in [0.05, 0.1) is 13.1 Å². The van der Waals surface area contributed by atoms with E-state index in [9.17, 15) is 29.1 Å². The van der Waals surface area contributed by atoms with Gasteiger partial charge >= 0.3 is 5.97 Å². The number of rotatable bonds is 12. The second-order valence-corrected chi connectivity index (χ2v) is 6.01. The Morgan fingerprint density at radius 2 is 1.48 bits per heavy atom. The highest BCUT2D eigenvalue weighted by Gasteiger charge is 2.39. The lowest BCUT2D eigenvalue weighted by molar-refractivity contribution is -0.157. The van der Waals surface area contributed by atoms with Crippen molar-refractivity contribution in [3.8, 4) is 0 Å². The number of carbonyl (C=O) groups is 5. The maximum absolute atomic E-state index is 12.1. The molecule has 4 amide bonds. The van der Waals surface area contributed by atoms with Crippen LogP contribution in [0.25, 0.3) is 0 Å². The van der Waals surface area contributed by atoms with Gasteiger partial charge in [0, 0.05) is 39.5 Å². The van der Waals surface area contributed by atoms with Crippen LogP contribution in [0.4, 0.5) is 0 Å². The van der Waals surface area contributed by atoms with E-state index in [4.69, 9.17) is 5.11 Å². The van der Waals surface area contributed by atoms with Gasteiger partial charge in [-0.25, -0.2) is 4.79 Å². The van der Waals surface area contributed by atoms with Crippen LogP contribution < -0.4 is 16.0 Å². The summed E-state index contributed by atoms with van der Waals surface area (Å²) in [5, 5.41) is 25.4. The molecular formula is C16H28N4O7.